The number of aryl methyl sites for hydroxylation is 1. The molecule has 0 fully saturated rings. The molecule has 0 radical (unpaired) electrons. The summed E-state index contributed by atoms with van der Waals surface area (Å²) in [4.78, 5) is 6.22. The third-order valence-electron chi connectivity index (χ3n) is 3.10. The molecule has 0 bridgehead atoms. The maximum absolute atomic E-state index is 6.20. The molecule has 2 aromatic rings. The van der Waals surface area contributed by atoms with Crippen LogP contribution in [0.3, 0.4) is 0 Å². The Morgan fingerprint density at radius 2 is 1.85 bits per heavy atom. The molecule has 0 spiro atoms. The highest BCUT2D eigenvalue weighted by atomic mass is 35.5. The zero-order valence-electron chi connectivity index (χ0n) is 11.3. The lowest BCUT2D eigenvalue weighted by Gasteiger charge is -2.21. The largest absolute Gasteiger partial charge is 0.328 e. The molecule has 0 aliphatic rings. The van der Waals surface area contributed by atoms with Gasteiger partial charge < -0.3 is 10.3 Å². The molecular weight excluding hydrogens is 295 g/mol. The molecule has 0 atom stereocenters. The van der Waals surface area contributed by atoms with Crippen molar-refractivity contribution in [3.8, 4) is 0 Å². The number of hydrogen-bond donors (Lipinski definition) is 2. The predicted octanol–water partition coefficient (Wildman–Crippen LogP) is 4.00. The molecule has 106 valence electrons. The molecule has 0 amide bonds. The Labute approximate surface area is 128 Å². The molecule has 1 aromatic heterocycles. The first-order valence-electron chi connectivity index (χ1n) is 6.22. The summed E-state index contributed by atoms with van der Waals surface area (Å²) in [7, 11) is 1.89. The Bertz CT molecular complexity index is 599. The van der Waals surface area contributed by atoms with Crippen LogP contribution in [0.5, 0.6) is 0 Å². The van der Waals surface area contributed by atoms with E-state index in [0.29, 0.717) is 21.7 Å². The second kappa shape index (κ2) is 6.31. The molecule has 1 aromatic carbocycles. The summed E-state index contributed by atoms with van der Waals surface area (Å²) < 4.78 is 0. The number of hydrogen-bond acceptors (Lipinski definition) is 4. The second-order valence-corrected chi connectivity index (χ2v) is 5.16. The van der Waals surface area contributed by atoms with Crippen LogP contribution in [0.4, 0.5) is 17.3 Å². The summed E-state index contributed by atoms with van der Waals surface area (Å²) in [5.41, 5.74) is 4.73. The number of nitrogens with one attached hydrogen (secondary N) is 1. The Balaban J connectivity index is 2.38. The summed E-state index contributed by atoms with van der Waals surface area (Å²) in [6.45, 7) is 2.12. The lowest BCUT2D eigenvalue weighted by Crippen LogP contribution is -2.15. The highest BCUT2D eigenvalue weighted by Crippen LogP contribution is 2.33. The molecule has 0 saturated heterocycles. The van der Waals surface area contributed by atoms with Gasteiger partial charge in [0.25, 0.3) is 0 Å². The van der Waals surface area contributed by atoms with Crippen molar-refractivity contribution in [3.05, 3.63) is 45.9 Å². The Morgan fingerprint density at radius 1 is 1.20 bits per heavy atom. The van der Waals surface area contributed by atoms with Gasteiger partial charge in [-0.2, -0.15) is 0 Å². The van der Waals surface area contributed by atoms with E-state index in [1.807, 2.05) is 24.1 Å². The number of nitrogens with two attached hydrogens (primary N) is 1. The Morgan fingerprint density at radius 3 is 2.40 bits per heavy atom. The van der Waals surface area contributed by atoms with Crippen LogP contribution in [-0.4, -0.2) is 12.0 Å². The fourth-order valence-electron chi connectivity index (χ4n) is 1.87. The maximum Gasteiger partial charge on any atom is 0.161 e. The van der Waals surface area contributed by atoms with Crippen LogP contribution in [0.2, 0.25) is 10.0 Å². The van der Waals surface area contributed by atoms with Gasteiger partial charge in [-0.3, -0.25) is 0 Å². The molecular formula is C14H16Cl2N4. The molecule has 0 aliphatic carbocycles. The highest BCUT2D eigenvalue weighted by Gasteiger charge is 2.13. The van der Waals surface area contributed by atoms with E-state index in [4.69, 9.17) is 29.0 Å². The lowest BCUT2D eigenvalue weighted by atomic mass is 10.1. The quantitative estimate of drug-likeness (QED) is 0.662. The minimum Gasteiger partial charge on any atom is -0.328 e. The van der Waals surface area contributed by atoms with Crippen LogP contribution in [-0.2, 0) is 6.42 Å². The third-order valence-corrected chi connectivity index (χ3v) is 3.66. The fraction of sp³-hybridized carbons (Fsp3) is 0.214. The average molecular weight is 311 g/mol. The van der Waals surface area contributed by atoms with Gasteiger partial charge in [0, 0.05) is 12.7 Å². The number of rotatable bonds is 4. The van der Waals surface area contributed by atoms with Crippen molar-refractivity contribution in [2.75, 3.05) is 17.4 Å². The molecule has 1 heterocycles. The van der Waals surface area contributed by atoms with Gasteiger partial charge in [0.05, 0.1) is 10.0 Å². The van der Waals surface area contributed by atoms with E-state index >= 15 is 0 Å². The van der Waals surface area contributed by atoms with Gasteiger partial charge in [-0.25, -0.2) is 10.8 Å². The van der Waals surface area contributed by atoms with Crippen LogP contribution < -0.4 is 16.2 Å². The Hall–Kier alpha value is -1.49. The summed E-state index contributed by atoms with van der Waals surface area (Å²) in [5, 5.41) is 0.854. The van der Waals surface area contributed by atoms with Crippen LogP contribution in [0.25, 0.3) is 0 Å². The fourth-order valence-corrected chi connectivity index (χ4v) is 2.41. The number of anilines is 3. The van der Waals surface area contributed by atoms with Crippen LogP contribution in [0.15, 0.2) is 30.3 Å². The highest BCUT2D eigenvalue weighted by molar-refractivity contribution is 6.37. The van der Waals surface area contributed by atoms with E-state index in [1.165, 1.54) is 5.56 Å². The standard InChI is InChI=1S/C14H16Cl2N4/c1-3-9-4-6-10(7-5-9)20(2)14-12(16)8-11(15)13(18-14)19-17/h4-8H,3,17H2,1-2H3,(H,18,19). The van der Waals surface area contributed by atoms with E-state index in [9.17, 15) is 0 Å². The number of pyridine rings is 1. The van der Waals surface area contributed by atoms with Gasteiger partial charge in [0.15, 0.2) is 11.6 Å². The van der Waals surface area contributed by atoms with Gasteiger partial charge in [-0.15, -0.1) is 0 Å². The normalized spacial score (nSPS) is 10.4. The number of benzene rings is 1. The molecule has 4 nitrogen and oxygen atoms in total. The summed E-state index contributed by atoms with van der Waals surface area (Å²) in [5.74, 6) is 6.37. The molecule has 0 aliphatic heterocycles. The third kappa shape index (κ3) is 2.98. The maximum atomic E-state index is 6.20. The second-order valence-electron chi connectivity index (χ2n) is 4.35. The van der Waals surface area contributed by atoms with Gasteiger partial charge in [-0.1, -0.05) is 42.3 Å². The molecule has 0 unspecified atom stereocenters. The van der Waals surface area contributed by atoms with Gasteiger partial charge in [-0.05, 0) is 30.2 Å². The first kappa shape index (κ1) is 14.9. The van der Waals surface area contributed by atoms with Gasteiger partial charge in [0.1, 0.15) is 0 Å². The topological polar surface area (TPSA) is 54.2 Å². The van der Waals surface area contributed by atoms with Crippen molar-refractivity contribution in [2.45, 2.75) is 13.3 Å². The van der Waals surface area contributed by atoms with Crippen molar-refractivity contribution in [1.29, 1.82) is 0 Å². The summed E-state index contributed by atoms with van der Waals surface area (Å²) >= 11 is 12.2. The zero-order chi connectivity index (χ0) is 14.7. The van der Waals surface area contributed by atoms with Crippen molar-refractivity contribution in [3.63, 3.8) is 0 Å². The number of hydrazine groups is 1. The molecule has 6 heteroatoms. The number of nitrogens with zero attached hydrogens (tertiary/aromatic N) is 2. The van der Waals surface area contributed by atoms with E-state index in [2.05, 4.69) is 29.5 Å². The van der Waals surface area contributed by atoms with E-state index in [-0.39, 0.29) is 0 Å². The molecule has 20 heavy (non-hydrogen) atoms. The van der Waals surface area contributed by atoms with Crippen molar-refractivity contribution >= 4 is 40.5 Å². The van der Waals surface area contributed by atoms with Gasteiger partial charge in [0.2, 0.25) is 0 Å². The average Bonchev–Trinajstić information content (AvgIpc) is 2.47. The summed E-state index contributed by atoms with van der Waals surface area (Å²) in [6, 6.07) is 9.84. The number of nitrogen functional groups attached to an aromatic ring is 1. The van der Waals surface area contributed by atoms with Crippen LogP contribution >= 0.6 is 23.2 Å². The van der Waals surface area contributed by atoms with E-state index in [1.54, 1.807) is 6.07 Å². The zero-order valence-corrected chi connectivity index (χ0v) is 12.8. The van der Waals surface area contributed by atoms with Crippen LogP contribution in [0, 0.1) is 0 Å². The lowest BCUT2D eigenvalue weighted by molar-refractivity contribution is 1.10. The smallest absolute Gasteiger partial charge is 0.161 e. The number of aromatic nitrogens is 1. The SMILES string of the molecule is CCc1ccc(N(C)c2nc(NN)c(Cl)cc2Cl)cc1. The first-order chi connectivity index (χ1) is 9.56. The van der Waals surface area contributed by atoms with Gasteiger partial charge >= 0.3 is 0 Å². The van der Waals surface area contributed by atoms with E-state index in [0.717, 1.165) is 12.1 Å². The monoisotopic (exact) mass is 310 g/mol. The summed E-state index contributed by atoms with van der Waals surface area (Å²) in [6.07, 6.45) is 1.01. The molecule has 2 rings (SSSR count). The minimum absolute atomic E-state index is 0.385. The van der Waals surface area contributed by atoms with E-state index < -0.39 is 0 Å². The molecule has 3 N–H and O–H groups in total. The first-order valence-corrected chi connectivity index (χ1v) is 6.97. The Kier molecular flexibility index (Phi) is 4.70. The van der Waals surface area contributed by atoms with Crippen molar-refractivity contribution < 1.29 is 0 Å². The number of halogens is 2. The predicted molar refractivity (Wildman–Crippen MR) is 86.0 cm³/mol. The minimum atomic E-state index is 0.385. The van der Waals surface area contributed by atoms with Crippen molar-refractivity contribution in [1.82, 2.24) is 4.98 Å². The molecule has 0 saturated carbocycles. The van der Waals surface area contributed by atoms with Crippen LogP contribution in [0.1, 0.15) is 12.5 Å². The van der Waals surface area contributed by atoms with Crippen molar-refractivity contribution in [2.24, 2.45) is 5.84 Å².